The highest BCUT2D eigenvalue weighted by Crippen LogP contribution is 2.41. The fourth-order valence-corrected chi connectivity index (χ4v) is 2.50. The molecule has 0 aliphatic heterocycles. The first-order valence-electron chi connectivity index (χ1n) is 5.94. The predicted octanol–water partition coefficient (Wildman–Crippen LogP) is 3.97. The SMILES string of the molecule is CCC(=O)[C@H]1CCC(C)C[C@@H](C(F)(F)F)C1. The average molecular weight is 236 g/mol. The Kier molecular flexibility index (Phi) is 4.39. The van der Waals surface area contributed by atoms with Crippen LogP contribution < -0.4 is 0 Å². The topological polar surface area (TPSA) is 17.1 Å². The van der Waals surface area contributed by atoms with Gasteiger partial charge in [-0.3, -0.25) is 4.79 Å². The Morgan fingerprint density at radius 1 is 1.25 bits per heavy atom. The Balaban J connectivity index is 2.74. The molecule has 0 aromatic rings. The van der Waals surface area contributed by atoms with Gasteiger partial charge in [-0.2, -0.15) is 13.2 Å². The number of hydrogen-bond donors (Lipinski definition) is 0. The molecule has 1 unspecified atom stereocenters. The van der Waals surface area contributed by atoms with E-state index >= 15 is 0 Å². The van der Waals surface area contributed by atoms with E-state index in [1.54, 1.807) is 6.92 Å². The van der Waals surface area contributed by atoms with E-state index in [2.05, 4.69) is 0 Å². The zero-order valence-electron chi connectivity index (χ0n) is 9.81. The molecule has 3 atom stereocenters. The van der Waals surface area contributed by atoms with Crippen molar-refractivity contribution in [1.29, 1.82) is 0 Å². The molecule has 0 radical (unpaired) electrons. The van der Waals surface area contributed by atoms with E-state index in [1.807, 2.05) is 6.92 Å². The summed E-state index contributed by atoms with van der Waals surface area (Å²) in [5, 5.41) is 0. The number of rotatable bonds is 2. The molecule has 1 aliphatic rings. The number of carbonyl (C=O) groups is 1. The summed E-state index contributed by atoms with van der Waals surface area (Å²) >= 11 is 0. The van der Waals surface area contributed by atoms with E-state index in [1.165, 1.54) is 0 Å². The van der Waals surface area contributed by atoms with Gasteiger partial charge in [0.15, 0.2) is 0 Å². The largest absolute Gasteiger partial charge is 0.391 e. The van der Waals surface area contributed by atoms with Crippen molar-refractivity contribution in [3.63, 3.8) is 0 Å². The molecule has 0 aromatic heterocycles. The highest BCUT2D eigenvalue weighted by Gasteiger charge is 2.43. The third-order valence-electron chi connectivity index (χ3n) is 3.53. The van der Waals surface area contributed by atoms with E-state index in [0.29, 0.717) is 12.8 Å². The molecular formula is C12H19F3O. The summed E-state index contributed by atoms with van der Waals surface area (Å²) < 4.78 is 38.2. The van der Waals surface area contributed by atoms with Crippen molar-refractivity contribution < 1.29 is 18.0 Å². The van der Waals surface area contributed by atoms with Gasteiger partial charge in [-0.25, -0.2) is 0 Å². The monoisotopic (exact) mass is 236 g/mol. The van der Waals surface area contributed by atoms with Crippen LogP contribution in [0.2, 0.25) is 0 Å². The number of carbonyl (C=O) groups excluding carboxylic acids is 1. The predicted molar refractivity (Wildman–Crippen MR) is 56.0 cm³/mol. The van der Waals surface area contributed by atoms with E-state index in [-0.39, 0.29) is 30.5 Å². The number of ketones is 1. The van der Waals surface area contributed by atoms with E-state index in [9.17, 15) is 18.0 Å². The van der Waals surface area contributed by atoms with Gasteiger partial charge in [-0.05, 0) is 25.2 Å². The van der Waals surface area contributed by atoms with Gasteiger partial charge in [-0.15, -0.1) is 0 Å². The van der Waals surface area contributed by atoms with E-state index in [4.69, 9.17) is 0 Å². The molecule has 0 spiro atoms. The van der Waals surface area contributed by atoms with Gasteiger partial charge < -0.3 is 0 Å². The lowest BCUT2D eigenvalue weighted by atomic mass is 9.88. The molecule has 0 bridgehead atoms. The van der Waals surface area contributed by atoms with Gasteiger partial charge in [0.2, 0.25) is 0 Å². The standard InChI is InChI=1S/C12H19F3O/c1-3-11(16)9-5-4-8(2)6-10(7-9)12(13,14)15/h8-10H,3-7H2,1-2H3/t8?,9-,10+/m0/s1. The third-order valence-corrected chi connectivity index (χ3v) is 3.53. The van der Waals surface area contributed by atoms with Crippen LogP contribution in [0.5, 0.6) is 0 Å². The summed E-state index contributed by atoms with van der Waals surface area (Å²) in [6.45, 7) is 3.57. The number of Topliss-reactive ketones (excluding diaryl/α,β-unsaturated/α-hetero) is 1. The van der Waals surface area contributed by atoms with Crippen molar-refractivity contribution in [3.05, 3.63) is 0 Å². The highest BCUT2D eigenvalue weighted by atomic mass is 19.4. The molecule has 1 saturated carbocycles. The lowest BCUT2D eigenvalue weighted by molar-refractivity contribution is -0.181. The van der Waals surface area contributed by atoms with Crippen LogP contribution in [-0.2, 0) is 4.79 Å². The Morgan fingerprint density at radius 2 is 1.88 bits per heavy atom. The van der Waals surface area contributed by atoms with Crippen molar-refractivity contribution in [2.75, 3.05) is 0 Å². The molecule has 1 aliphatic carbocycles. The van der Waals surface area contributed by atoms with Gasteiger partial charge >= 0.3 is 6.18 Å². The number of hydrogen-bond acceptors (Lipinski definition) is 1. The van der Waals surface area contributed by atoms with Crippen molar-refractivity contribution >= 4 is 5.78 Å². The molecule has 0 N–H and O–H groups in total. The molecule has 0 amide bonds. The smallest absolute Gasteiger partial charge is 0.299 e. The molecule has 0 saturated heterocycles. The van der Waals surface area contributed by atoms with Crippen LogP contribution in [0.15, 0.2) is 0 Å². The maximum absolute atomic E-state index is 12.7. The number of alkyl halides is 3. The summed E-state index contributed by atoms with van der Waals surface area (Å²) in [7, 11) is 0. The van der Waals surface area contributed by atoms with Crippen molar-refractivity contribution in [3.8, 4) is 0 Å². The lowest BCUT2D eigenvalue weighted by Gasteiger charge is -2.22. The second-order valence-corrected chi connectivity index (χ2v) is 4.91. The van der Waals surface area contributed by atoms with Crippen molar-refractivity contribution in [2.24, 2.45) is 17.8 Å². The summed E-state index contributed by atoms with van der Waals surface area (Å²) in [5.74, 6) is -1.60. The lowest BCUT2D eigenvalue weighted by Crippen LogP contribution is -2.27. The Labute approximate surface area is 94.4 Å². The van der Waals surface area contributed by atoms with Gasteiger partial charge in [0.1, 0.15) is 5.78 Å². The highest BCUT2D eigenvalue weighted by molar-refractivity contribution is 5.80. The Morgan fingerprint density at radius 3 is 2.38 bits per heavy atom. The van der Waals surface area contributed by atoms with E-state index < -0.39 is 12.1 Å². The minimum Gasteiger partial charge on any atom is -0.299 e. The maximum atomic E-state index is 12.7. The van der Waals surface area contributed by atoms with Crippen LogP contribution in [0.1, 0.15) is 46.0 Å². The first kappa shape index (κ1) is 13.5. The third kappa shape index (κ3) is 3.49. The van der Waals surface area contributed by atoms with Crippen molar-refractivity contribution in [2.45, 2.75) is 52.1 Å². The van der Waals surface area contributed by atoms with Crippen LogP contribution in [0.4, 0.5) is 13.2 Å². The fourth-order valence-electron chi connectivity index (χ4n) is 2.50. The molecular weight excluding hydrogens is 217 g/mol. The molecule has 1 nitrogen and oxygen atoms in total. The molecule has 0 aromatic carbocycles. The number of halogens is 3. The molecule has 1 rings (SSSR count). The molecule has 16 heavy (non-hydrogen) atoms. The Bertz CT molecular complexity index is 247. The van der Waals surface area contributed by atoms with E-state index in [0.717, 1.165) is 6.42 Å². The summed E-state index contributed by atoms with van der Waals surface area (Å²) in [6.07, 6.45) is -2.25. The molecule has 0 heterocycles. The maximum Gasteiger partial charge on any atom is 0.391 e. The summed E-state index contributed by atoms with van der Waals surface area (Å²) in [4.78, 5) is 11.5. The zero-order valence-corrected chi connectivity index (χ0v) is 9.81. The second-order valence-electron chi connectivity index (χ2n) is 4.91. The van der Waals surface area contributed by atoms with Crippen LogP contribution in [0, 0.1) is 17.8 Å². The fraction of sp³-hybridized carbons (Fsp3) is 0.917. The van der Waals surface area contributed by atoms with Crippen molar-refractivity contribution in [1.82, 2.24) is 0 Å². The van der Waals surface area contributed by atoms with Gasteiger partial charge in [-0.1, -0.05) is 20.3 Å². The van der Waals surface area contributed by atoms with Gasteiger partial charge in [0.05, 0.1) is 5.92 Å². The van der Waals surface area contributed by atoms with Gasteiger partial charge in [0.25, 0.3) is 0 Å². The normalized spacial score (nSPS) is 32.2. The quantitative estimate of drug-likeness (QED) is 0.663. The summed E-state index contributed by atoms with van der Waals surface area (Å²) in [5.41, 5.74) is 0. The first-order chi connectivity index (χ1) is 7.34. The first-order valence-corrected chi connectivity index (χ1v) is 5.94. The van der Waals surface area contributed by atoms with Crippen LogP contribution in [0.3, 0.4) is 0 Å². The second kappa shape index (κ2) is 5.19. The van der Waals surface area contributed by atoms with Gasteiger partial charge in [0, 0.05) is 12.3 Å². The van der Waals surface area contributed by atoms with Crippen LogP contribution in [0.25, 0.3) is 0 Å². The summed E-state index contributed by atoms with van der Waals surface area (Å²) in [6, 6.07) is 0. The molecule has 1 fully saturated rings. The minimum absolute atomic E-state index is 0.000509. The Hall–Kier alpha value is -0.540. The zero-order chi connectivity index (χ0) is 12.3. The average Bonchev–Trinajstić information content (AvgIpc) is 2.38. The minimum atomic E-state index is -4.15. The molecule has 4 heteroatoms. The molecule has 94 valence electrons. The van der Waals surface area contributed by atoms with Crippen LogP contribution >= 0.6 is 0 Å². The van der Waals surface area contributed by atoms with Crippen LogP contribution in [-0.4, -0.2) is 12.0 Å².